The molecule has 0 aliphatic rings. The summed E-state index contributed by atoms with van der Waals surface area (Å²) in [6.45, 7) is 3.41. The van der Waals surface area contributed by atoms with Crippen molar-refractivity contribution < 1.29 is 17.9 Å². The number of para-hydroxylation sites is 1. The highest BCUT2D eigenvalue weighted by atomic mass is 32.1. The maximum Gasteiger partial charge on any atom is 0.419 e. The minimum absolute atomic E-state index is 0.126. The predicted octanol–water partition coefficient (Wildman–Crippen LogP) is 4.24. The number of ether oxygens (including phenoxy) is 1. The summed E-state index contributed by atoms with van der Waals surface area (Å²) < 4.78 is 43.5. The lowest BCUT2D eigenvalue weighted by molar-refractivity contribution is -0.138. The first-order chi connectivity index (χ1) is 9.97. The molecule has 1 aromatic heterocycles. The Morgan fingerprint density at radius 3 is 2.57 bits per heavy atom. The highest BCUT2D eigenvalue weighted by Gasteiger charge is 2.33. The van der Waals surface area contributed by atoms with Gasteiger partial charge >= 0.3 is 6.18 Å². The molecule has 0 aliphatic heterocycles. The predicted molar refractivity (Wildman–Crippen MR) is 77.7 cm³/mol. The Hall–Kier alpha value is -1.53. The Morgan fingerprint density at radius 2 is 1.90 bits per heavy atom. The molecule has 0 fully saturated rings. The van der Waals surface area contributed by atoms with Crippen molar-refractivity contribution in [3.05, 3.63) is 51.7 Å². The molecular weight excluding hydrogens is 299 g/mol. The number of halogens is 3. The smallest absolute Gasteiger partial charge is 0.419 e. The molecule has 114 valence electrons. The number of thiophene rings is 1. The third-order valence-corrected chi connectivity index (χ3v) is 3.82. The van der Waals surface area contributed by atoms with Crippen LogP contribution in [0, 0.1) is 6.92 Å². The third kappa shape index (κ3) is 4.75. The molecule has 0 bridgehead atoms. The number of hydrogen-bond donors (Lipinski definition) is 1. The van der Waals surface area contributed by atoms with E-state index >= 15 is 0 Å². The van der Waals surface area contributed by atoms with Gasteiger partial charge in [0.1, 0.15) is 12.4 Å². The van der Waals surface area contributed by atoms with Crippen LogP contribution >= 0.6 is 11.3 Å². The molecule has 1 N–H and O–H groups in total. The summed E-state index contributed by atoms with van der Waals surface area (Å²) in [5.41, 5.74) is -0.737. The monoisotopic (exact) mass is 315 g/mol. The first-order valence-electron chi connectivity index (χ1n) is 6.52. The second-order valence-electron chi connectivity index (χ2n) is 4.53. The molecule has 0 spiro atoms. The summed E-state index contributed by atoms with van der Waals surface area (Å²) in [7, 11) is 0. The maximum absolute atomic E-state index is 12.8. The molecule has 0 unspecified atom stereocenters. The van der Waals surface area contributed by atoms with Gasteiger partial charge in [-0.05, 0) is 31.2 Å². The summed E-state index contributed by atoms with van der Waals surface area (Å²) in [4.78, 5) is 2.44. The van der Waals surface area contributed by atoms with Gasteiger partial charge in [-0.2, -0.15) is 13.2 Å². The van der Waals surface area contributed by atoms with Crippen LogP contribution in [0.5, 0.6) is 5.75 Å². The second kappa shape index (κ2) is 6.95. The van der Waals surface area contributed by atoms with Crippen LogP contribution in [0.2, 0.25) is 0 Å². The van der Waals surface area contributed by atoms with Crippen molar-refractivity contribution in [1.29, 1.82) is 0 Å². The third-order valence-electron chi connectivity index (χ3n) is 2.82. The van der Waals surface area contributed by atoms with E-state index in [1.165, 1.54) is 28.0 Å². The number of benzene rings is 1. The van der Waals surface area contributed by atoms with Crippen molar-refractivity contribution >= 4 is 11.3 Å². The van der Waals surface area contributed by atoms with Crippen LogP contribution in [-0.4, -0.2) is 13.2 Å². The standard InChI is InChI=1S/C15H16F3NOS/c1-11-6-7-12(21-11)10-19-8-9-20-14-5-3-2-4-13(14)15(16,17)18/h2-7,19H,8-10H2,1H3. The van der Waals surface area contributed by atoms with E-state index in [4.69, 9.17) is 4.74 Å². The fourth-order valence-electron chi connectivity index (χ4n) is 1.85. The van der Waals surface area contributed by atoms with Gasteiger partial charge in [0.2, 0.25) is 0 Å². The number of hydrogen-bond acceptors (Lipinski definition) is 3. The highest BCUT2D eigenvalue weighted by Crippen LogP contribution is 2.35. The van der Waals surface area contributed by atoms with E-state index in [2.05, 4.69) is 5.32 Å². The molecule has 2 aromatic rings. The molecule has 2 rings (SSSR count). The van der Waals surface area contributed by atoms with E-state index in [9.17, 15) is 13.2 Å². The van der Waals surface area contributed by atoms with E-state index in [0.29, 0.717) is 13.1 Å². The quantitative estimate of drug-likeness (QED) is 0.805. The molecule has 0 saturated carbocycles. The molecule has 2 nitrogen and oxygen atoms in total. The van der Waals surface area contributed by atoms with Gasteiger partial charge in [0.25, 0.3) is 0 Å². The highest BCUT2D eigenvalue weighted by molar-refractivity contribution is 7.11. The normalized spacial score (nSPS) is 11.6. The lowest BCUT2D eigenvalue weighted by Crippen LogP contribution is -2.21. The number of nitrogens with one attached hydrogen (secondary N) is 1. The SMILES string of the molecule is Cc1ccc(CNCCOc2ccccc2C(F)(F)F)s1. The Morgan fingerprint density at radius 1 is 1.14 bits per heavy atom. The first-order valence-corrected chi connectivity index (χ1v) is 7.33. The molecule has 6 heteroatoms. The molecule has 21 heavy (non-hydrogen) atoms. The lowest BCUT2D eigenvalue weighted by Gasteiger charge is -2.13. The molecule has 0 amide bonds. The Balaban J connectivity index is 1.79. The van der Waals surface area contributed by atoms with Crippen LogP contribution in [0.15, 0.2) is 36.4 Å². The van der Waals surface area contributed by atoms with Crippen molar-refractivity contribution in [2.24, 2.45) is 0 Å². The fraction of sp³-hybridized carbons (Fsp3) is 0.333. The van der Waals surface area contributed by atoms with Crippen LogP contribution < -0.4 is 10.1 Å². The number of rotatable bonds is 6. The second-order valence-corrected chi connectivity index (χ2v) is 5.90. The van der Waals surface area contributed by atoms with E-state index in [1.54, 1.807) is 11.3 Å². The fourth-order valence-corrected chi connectivity index (χ4v) is 2.71. The summed E-state index contributed by atoms with van der Waals surface area (Å²) in [6, 6.07) is 9.33. The van der Waals surface area contributed by atoms with Crippen LogP contribution in [0.4, 0.5) is 13.2 Å². The topological polar surface area (TPSA) is 21.3 Å². The van der Waals surface area contributed by atoms with Gasteiger partial charge in [-0.1, -0.05) is 12.1 Å². The Labute approximate surface area is 125 Å². The number of alkyl halides is 3. The number of aryl methyl sites for hydroxylation is 1. The van der Waals surface area contributed by atoms with Crippen molar-refractivity contribution in [3.8, 4) is 5.75 Å². The summed E-state index contributed by atoms with van der Waals surface area (Å²) in [5.74, 6) is -0.126. The van der Waals surface area contributed by atoms with Crippen molar-refractivity contribution in [3.63, 3.8) is 0 Å². The average molecular weight is 315 g/mol. The van der Waals surface area contributed by atoms with Gasteiger partial charge in [0.05, 0.1) is 5.56 Å². The van der Waals surface area contributed by atoms with Gasteiger partial charge in [-0.15, -0.1) is 11.3 Å². The minimum atomic E-state index is -4.39. The van der Waals surface area contributed by atoms with Crippen LogP contribution in [0.25, 0.3) is 0 Å². The van der Waals surface area contributed by atoms with Crippen LogP contribution in [0.1, 0.15) is 15.3 Å². The zero-order chi connectivity index (χ0) is 15.3. The van der Waals surface area contributed by atoms with E-state index in [1.807, 2.05) is 19.1 Å². The van der Waals surface area contributed by atoms with Gasteiger partial charge < -0.3 is 10.1 Å². The van der Waals surface area contributed by atoms with Gasteiger partial charge in [-0.3, -0.25) is 0 Å². The maximum atomic E-state index is 12.8. The molecule has 0 radical (unpaired) electrons. The summed E-state index contributed by atoms with van der Waals surface area (Å²) in [5, 5.41) is 3.15. The molecule has 0 saturated heterocycles. The van der Waals surface area contributed by atoms with Crippen LogP contribution in [-0.2, 0) is 12.7 Å². The van der Waals surface area contributed by atoms with Crippen molar-refractivity contribution in [2.75, 3.05) is 13.2 Å². The largest absolute Gasteiger partial charge is 0.492 e. The first kappa shape index (κ1) is 15.9. The van der Waals surface area contributed by atoms with E-state index < -0.39 is 11.7 Å². The molecule has 0 aliphatic carbocycles. The zero-order valence-electron chi connectivity index (χ0n) is 11.5. The van der Waals surface area contributed by atoms with Crippen molar-refractivity contribution in [1.82, 2.24) is 5.32 Å². The van der Waals surface area contributed by atoms with Gasteiger partial charge in [0.15, 0.2) is 0 Å². The Kier molecular flexibility index (Phi) is 5.25. The lowest BCUT2D eigenvalue weighted by atomic mass is 10.2. The summed E-state index contributed by atoms with van der Waals surface area (Å²) >= 11 is 1.70. The summed E-state index contributed by atoms with van der Waals surface area (Å²) in [6.07, 6.45) is -4.39. The van der Waals surface area contributed by atoms with Crippen LogP contribution in [0.3, 0.4) is 0 Å². The average Bonchev–Trinajstić information content (AvgIpc) is 2.83. The van der Waals surface area contributed by atoms with E-state index in [-0.39, 0.29) is 12.4 Å². The van der Waals surface area contributed by atoms with Crippen molar-refractivity contribution in [2.45, 2.75) is 19.6 Å². The molecular formula is C15H16F3NOS. The van der Waals surface area contributed by atoms with Gasteiger partial charge in [0, 0.05) is 22.8 Å². The van der Waals surface area contributed by atoms with Gasteiger partial charge in [-0.25, -0.2) is 0 Å². The minimum Gasteiger partial charge on any atom is -0.492 e. The zero-order valence-corrected chi connectivity index (χ0v) is 12.4. The molecule has 0 atom stereocenters. The Bertz CT molecular complexity index is 580. The van der Waals surface area contributed by atoms with E-state index in [0.717, 1.165) is 6.07 Å². The molecule has 1 aromatic carbocycles. The molecule has 1 heterocycles.